The van der Waals surface area contributed by atoms with Crippen molar-refractivity contribution in [3.8, 4) is 0 Å². The minimum atomic E-state index is -0.508. The molecule has 0 aliphatic carbocycles. The third-order valence-electron chi connectivity index (χ3n) is 3.03. The maximum Gasteiger partial charge on any atom is 0.254 e. The highest BCUT2D eigenvalue weighted by atomic mass is 16.2. The predicted octanol–water partition coefficient (Wildman–Crippen LogP) is 2.36. The van der Waals surface area contributed by atoms with Gasteiger partial charge < -0.3 is 10.6 Å². The standard InChI is InChI=1S/C15H22N2O2/c1-4-8-17(9-5-2)15(19)13-10-12(14(16)18)7-6-11(13)3/h6-7,10H,4-5,8-9H2,1-3H3,(H2,16,18). The van der Waals surface area contributed by atoms with Crippen LogP contribution in [0.25, 0.3) is 0 Å². The minimum absolute atomic E-state index is 0.0238. The summed E-state index contributed by atoms with van der Waals surface area (Å²) in [6.45, 7) is 7.42. The highest BCUT2D eigenvalue weighted by Crippen LogP contribution is 2.14. The second-order valence-corrected chi connectivity index (χ2v) is 4.69. The van der Waals surface area contributed by atoms with Gasteiger partial charge in [-0.1, -0.05) is 19.9 Å². The van der Waals surface area contributed by atoms with Gasteiger partial charge in [0.1, 0.15) is 0 Å². The Labute approximate surface area is 114 Å². The van der Waals surface area contributed by atoms with Crippen molar-refractivity contribution in [1.29, 1.82) is 0 Å². The molecule has 0 unspecified atom stereocenters. The number of nitrogens with two attached hydrogens (primary N) is 1. The molecule has 104 valence electrons. The Balaban J connectivity index is 3.08. The van der Waals surface area contributed by atoms with Crippen molar-refractivity contribution in [2.45, 2.75) is 33.6 Å². The Morgan fingerprint density at radius 1 is 1.16 bits per heavy atom. The zero-order chi connectivity index (χ0) is 14.4. The molecule has 4 nitrogen and oxygen atoms in total. The van der Waals surface area contributed by atoms with Crippen LogP contribution in [0.4, 0.5) is 0 Å². The number of hydrogen-bond donors (Lipinski definition) is 1. The van der Waals surface area contributed by atoms with E-state index in [1.165, 1.54) is 0 Å². The van der Waals surface area contributed by atoms with Crippen molar-refractivity contribution in [1.82, 2.24) is 4.90 Å². The molecule has 1 aromatic rings. The Kier molecular flexibility index (Phi) is 5.55. The van der Waals surface area contributed by atoms with Gasteiger partial charge >= 0.3 is 0 Å². The number of nitrogens with zero attached hydrogens (tertiary/aromatic N) is 1. The van der Waals surface area contributed by atoms with Crippen molar-refractivity contribution >= 4 is 11.8 Å². The van der Waals surface area contributed by atoms with Crippen molar-refractivity contribution in [2.24, 2.45) is 5.73 Å². The molecule has 4 heteroatoms. The number of carbonyl (C=O) groups is 2. The zero-order valence-electron chi connectivity index (χ0n) is 11.9. The first-order valence-corrected chi connectivity index (χ1v) is 6.71. The summed E-state index contributed by atoms with van der Waals surface area (Å²) in [5.41, 5.74) is 7.07. The third-order valence-corrected chi connectivity index (χ3v) is 3.03. The van der Waals surface area contributed by atoms with Crippen LogP contribution in [0.5, 0.6) is 0 Å². The van der Waals surface area contributed by atoms with Gasteiger partial charge in [0.25, 0.3) is 5.91 Å². The van der Waals surface area contributed by atoms with E-state index in [1.54, 1.807) is 18.2 Å². The van der Waals surface area contributed by atoms with Gasteiger partial charge in [-0.05, 0) is 37.5 Å². The molecular formula is C15H22N2O2. The first-order chi connectivity index (χ1) is 9.01. The summed E-state index contributed by atoms with van der Waals surface area (Å²) in [6.07, 6.45) is 1.83. The Hall–Kier alpha value is -1.84. The van der Waals surface area contributed by atoms with Crippen molar-refractivity contribution in [3.63, 3.8) is 0 Å². The summed E-state index contributed by atoms with van der Waals surface area (Å²) in [4.78, 5) is 25.5. The van der Waals surface area contributed by atoms with Crippen molar-refractivity contribution in [3.05, 3.63) is 34.9 Å². The number of benzene rings is 1. The monoisotopic (exact) mass is 262 g/mol. The van der Waals surface area contributed by atoms with E-state index >= 15 is 0 Å². The Morgan fingerprint density at radius 3 is 2.21 bits per heavy atom. The maximum absolute atomic E-state index is 12.5. The van der Waals surface area contributed by atoms with Gasteiger partial charge in [-0.2, -0.15) is 0 Å². The second-order valence-electron chi connectivity index (χ2n) is 4.69. The predicted molar refractivity (Wildman–Crippen MR) is 76.2 cm³/mol. The SMILES string of the molecule is CCCN(CCC)C(=O)c1cc(C(N)=O)ccc1C. The van der Waals surface area contributed by atoms with Gasteiger partial charge in [-0.3, -0.25) is 9.59 Å². The molecule has 2 amide bonds. The molecular weight excluding hydrogens is 240 g/mol. The van der Waals surface area contributed by atoms with E-state index in [9.17, 15) is 9.59 Å². The number of rotatable bonds is 6. The third kappa shape index (κ3) is 3.81. The first kappa shape index (κ1) is 15.2. The van der Waals surface area contributed by atoms with Gasteiger partial charge in [0.15, 0.2) is 0 Å². The average Bonchev–Trinajstić information content (AvgIpc) is 2.38. The molecule has 0 aromatic heterocycles. The molecule has 0 aliphatic heterocycles. The van der Waals surface area contributed by atoms with Crippen LogP contribution in [0.15, 0.2) is 18.2 Å². The molecule has 1 aromatic carbocycles. The molecule has 0 heterocycles. The summed E-state index contributed by atoms with van der Waals surface area (Å²) < 4.78 is 0. The lowest BCUT2D eigenvalue weighted by Crippen LogP contribution is -2.33. The largest absolute Gasteiger partial charge is 0.366 e. The molecule has 0 atom stereocenters. The maximum atomic E-state index is 12.5. The van der Waals surface area contributed by atoms with Crippen LogP contribution in [-0.4, -0.2) is 29.8 Å². The fraction of sp³-hybridized carbons (Fsp3) is 0.467. The average molecular weight is 262 g/mol. The minimum Gasteiger partial charge on any atom is -0.366 e. The number of amides is 2. The Morgan fingerprint density at radius 2 is 1.74 bits per heavy atom. The molecule has 0 saturated carbocycles. The lowest BCUT2D eigenvalue weighted by Gasteiger charge is -2.22. The normalized spacial score (nSPS) is 10.3. The van der Waals surface area contributed by atoms with E-state index in [0.29, 0.717) is 11.1 Å². The van der Waals surface area contributed by atoms with Gasteiger partial charge in [0.2, 0.25) is 5.91 Å². The lowest BCUT2D eigenvalue weighted by atomic mass is 10.0. The fourth-order valence-electron chi connectivity index (χ4n) is 2.03. The van der Waals surface area contributed by atoms with Gasteiger partial charge in [-0.25, -0.2) is 0 Å². The number of aryl methyl sites for hydroxylation is 1. The van der Waals surface area contributed by atoms with E-state index < -0.39 is 5.91 Å². The molecule has 0 fully saturated rings. The Bertz CT molecular complexity index is 463. The molecule has 2 N–H and O–H groups in total. The van der Waals surface area contributed by atoms with Gasteiger partial charge in [0, 0.05) is 24.2 Å². The van der Waals surface area contributed by atoms with E-state index in [2.05, 4.69) is 0 Å². The van der Waals surface area contributed by atoms with Crippen LogP contribution in [0.2, 0.25) is 0 Å². The molecule has 0 spiro atoms. The van der Waals surface area contributed by atoms with Gasteiger partial charge in [0.05, 0.1) is 0 Å². The molecule has 0 radical (unpaired) electrons. The van der Waals surface area contributed by atoms with E-state index in [4.69, 9.17) is 5.73 Å². The molecule has 19 heavy (non-hydrogen) atoms. The molecule has 0 saturated heterocycles. The highest BCUT2D eigenvalue weighted by Gasteiger charge is 2.17. The van der Waals surface area contributed by atoms with E-state index in [-0.39, 0.29) is 5.91 Å². The van der Waals surface area contributed by atoms with E-state index in [1.807, 2.05) is 25.7 Å². The molecule has 1 rings (SSSR count). The second kappa shape index (κ2) is 6.92. The summed E-state index contributed by atoms with van der Waals surface area (Å²) in [7, 11) is 0. The number of carbonyl (C=O) groups excluding carboxylic acids is 2. The summed E-state index contributed by atoms with van der Waals surface area (Å²) in [5, 5.41) is 0. The fourth-order valence-corrected chi connectivity index (χ4v) is 2.03. The molecule has 0 aliphatic rings. The van der Waals surface area contributed by atoms with Crippen molar-refractivity contribution in [2.75, 3.05) is 13.1 Å². The van der Waals surface area contributed by atoms with Crippen LogP contribution >= 0.6 is 0 Å². The zero-order valence-corrected chi connectivity index (χ0v) is 11.9. The lowest BCUT2D eigenvalue weighted by molar-refractivity contribution is 0.0755. The van der Waals surface area contributed by atoms with Crippen LogP contribution < -0.4 is 5.73 Å². The quantitative estimate of drug-likeness (QED) is 0.855. The van der Waals surface area contributed by atoms with Gasteiger partial charge in [-0.15, -0.1) is 0 Å². The summed E-state index contributed by atoms with van der Waals surface area (Å²) in [5.74, 6) is -0.532. The van der Waals surface area contributed by atoms with E-state index in [0.717, 1.165) is 31.5 Å². The van der Waals surface area contributed by atoms with Crippen LogP contribution in [0.3, 0.4) is 0 Å². The van der Waals surface area contributed by atoms with Crippen LogP contribution in [0.1, 0.15) is 53.0 Å². The summed E-state index contributed by atoms with van der Waals surface area (Å²) >= 11 is 0. The summed E-state index contributed by atoms with van der Waals surface area (Å²) in [6, 6.07) is 5.01. The number of hydrogen-bond acceptors (Lipinski definition) is 2. The van der Waals surface area contributed by atoms with Crippen LogP contribution in [0, 0.1) is 6.92 Å². The molecule has 0 bridgehead atoms. The smallest absolute Gasteiger partial charge is 0.254 e. The highest BCUT2D eigenvalue weighted by molar-refractivity contribution is 6.00. The van der Waals surface area contributed by atoms with Crippen LogP contribution in [-0.2, 0) is 0 Å². The van der Waals surface area contributed by atoms with Crippen molar-refractivity contribution < 1.29 is 9.59 Å². The first-order valence-electron chi connectivity index (χ1n) is 6.71. The number of primary amides is 1. The topological polar surface area (TPSA) is 63.4 Å².